The molecule has 0 aliphatic heterocycles. The highest BCUT2D eigenvalue weighted by molar-refractivity contribution is 5.76. The maximum Gasteiger partial charge on any atom is 0.324 e. The molecule has 1 aliphatic carbocycles. The van der Waals surface area contributed by atoms with Gasteiger partial charge in [0.2, 0.25) is 5.91 Å². The van der Waals surface area contributed by atoms with E-state index in [2.05, 4.69) is 0 Å². The van der Waals surface area contributed by atoms with Crippen LogP contribution in [0.2, 0.25) is 0 Å². The van der Waals surface area contributed by atoms with Gasteiger partial charge in [-0.25, -0.2) is 8.78 Å². The first-order valence-electron chi connectivity index (χ1n) is 6.48. The largest absolute Gasteiger partial charge is 0.350 e. The van der Waals surface area contributed by atoms with Gasteiger partial charge in [0.15, 0.2) is 0 Å². The summed E-state index contributed by atoms with van der Waals surface area (Å²) < 4.78 is 49.0. The lowest BCUT2D eigenvalue weighted by Crippen LogP contribution is -2.42. The van der Waals surface area contributed by atoms with Crippen molar-refractivity contribution in [1.82, 2.24) is 5.32 Å². The Bertz CT molecular complexity index is 291. The van der Waals surface area contributed by atoms with Gasteiger partial charge in [-0.1, -0.05) is 0 Å². The highest BCUT2D eigenvalue weighted by Crippen LogP contribution is 2.30. The lowest BCUT2D eigenvalue weighted by atomic mass is 9.80. The molecule has 3 nitrogen and oxygen atoms in total. The van der Waals surface area contributed by atoms with E-state index in [0.29, 0.717) is 12.5 Å². The Morgan fingerprint density at radius 2 is 1.74 bits per heavy atom. The minimum absolute atomic E-state index is 0.122. The molecule has 0 aromatic rings. The third kappa shape index (κ3) is 5.34. The number of amides is 1. The van der Waals surface area contributed by atoms with Crippen LogP contribution in [-0.2, 0) is 4.79 Å². The topological polar surface area (TPSA) is 55.1 Å². The van der Waals surface area contributed by atoms with Gasteiger partial charge in [-0.3, -0.25) is 4.79 Å². The predicted molar refractivity (Wildman–Crippen MR) is 63.1 cm³/mol. The molecule has 0 unspecified atom stereocenters. The van der Waals surface area contributed by atoms with Crippen molar-refractivity contribution in [2.24, 2.45) is 17.6 Å². The van der Waals surface area contributed by atoms with Crippen LogP contribution in [0.25, 0.3) is 0 Å². The Hall–Kier alpha value is -0.850. The summed E-state index contributed by atoms with van der Waals surface area (Å²) in [6.45, 7) is -0.679. The summed E-state index contributed by atoms with van der Waals surface area (Å²) in [4.78, 5) is 11.4. The van der Waals surface area contributed by atoms with Crippen molar-refractivity contribution < 1.29 is 22.4 Å². The van der Waals surface area contributed by atoms with E-state index in [1.807, 2.05) is 5.32 Å². The predicted octanol–water partition coefficient (Wildman–Crippen LogP) is 2.16. The maximum atomic E-state index is 12.6. The van der Waals surface area contributed by atoms with Crippen LogP contribution in [0, 0.1) is 11.8 Å². The van der Waals surface area contributed by atoms with Gasteiger partial charge in [-0.15, -0.1) is 0 Å². The van der Waals surface area contributed by atoms with Gasteiger partial charge in [-0.2, -0.15) is 8.78 Å². The lowest BCUT2D eigenvalue weighted by molar-refractivity contribution is -0.137. The van der Waals surface area contributed by atoms with Crippen LogP contribution in [0.5, 0.6) is 0 Å². The van der Waals surface area contributed by atoms with Gasteiger partial charge in [-0.05, 0) is 44.1 Å². The molecule has 0 aromatic heterocycles. The van der Waals surface area contributed by atoms with Crippen molar-refractivity contribution in [3.8, 4) is 0 Å². The van der Waals surface area contributed by atoms with Crippen molar-refractivity contribution >= 4 is 5.91 Å². The summed E-state index contributed by atoms with van der Waals surface area (Å²) in [6.07, 6.45) is -0.103. The highest BCUT2D eigenvalue weighted by atomic mass is 19.3. The van der Waals surface area contributed by atoms with Crippen molar-refractivity contribution in [2.75, 3.05) is 13.1 Å². The molecule has 7 heteroatoms. The molecule has 0 spiro atoms. The SMILES string of the molecule is NCC1CCC(CC(=O)NCC(F)(F)C(F)F)CC1. The molecule has 3 N–H and O–H groups in total. The fraction of sp³-hybridized carbons (Fsp3) is 0.917. The minimum atomic E-state index is -4.16. The molecular weight excluding hydrogens is 264 g/mol. The van der Waals surface area contributed by atoms with Gasteiger partial charge in [0.05, 0.1) is 6.54 Å². The molecule has 112 valence electrons. The molecule has 1 amide bonds. The summed E-state index contributed by atoms with van der Waals surface area (Å²) in [5.74, 6) is -4.13. The highest BCUT2D eigenvalue weighted by Gasteiger charge is 2.40. The Balaban J connectivity index is 2.25. The smallest absolute Gasteiger partial charge is 0.324 e. The molecule has 0 bridgehead atoms. The van der Waals surface area contributed by atoms with Crippen LogP contribution in [0.1, 0.15) is 32.1 Å². The van der Waals surface area contributed by atoms with Crippen LogP contribution >= 0.6 is 0 Å². The number of hydrogen-bond acceptors (Lipinski definition) is 2. The lowest BCUT2D eigenvalue weighted by Gasteiger charge is -2.27. The molecule has 1 fully saturated rings. The third-order valence-electron chi connectivity index (χ3n) is 3.61. The zero-order valence-electron chi connectivity index (χ0n) is 10.7. The van der Waals surface area contributed by atoms with Crippen LogP contribution < -0.4 is 11.1 Å². The fourth-order valence-corrected chi connectivity index (χ4v) is 2.30. The van der Waals surface area contributed by atoms with Crippen molar-refractivity contribution in [2.45, 2.75) is 44.5 Å². The molecule has 0 radical (unpaired) electrons. The summed E-state index contributed by atoms with van der Waals surface area (Å²) in [5, 5.41) is 1.88. The van der Waals surface area contributed by atoms with Crippen molar-refractivity contribution in [3.05, 3.63) is 0 Å². The number of carbonyl (C=O) groups is 1. The number of carbonyl (C=O) groups excluding carboxylic acids is 1. The van der Waals surface area contributed by atoms with Gasteiger partial charge >= 0.3 is 12.3 Å². The Labute approximate surface area is 109 Å². The molecule has 0 heterocycles. The van der Waals surface area contributed by atoms with Gasteiger partial charge in [0, 0.05) is 6.42 Å². The standard InChI is InChI=1S/C12H20F4N2O/c13-11(14)12(15,16)7-18-10(19)5-8-1-3-9(6-17)4-2-8/h8-9,11H,1-7,17H2,(H,18,19). The second-order valence-electron chi connectivity index (χ2n) is 5.17. The average Bonchev–Trinajstić information content (AvgIpc) is 2.37. The fourth-order valence-electron chi connectivity index (χ4n) is 2.30. The van der Waals surface area contributed by atoms with Gasteiger partial charge in [0.1, 0.15) is 0 Å². The van der Waals surface area contributed by atoms with Crippen molar-refractivity contribution in [3.63, 3.8) is 0 Å². The van der Waals surface area contributed by atoms with Gasteiger partial charge < -0.3 is 11.1 Å². The number of nitrogens with one attached hydrogen (secondary N) is 1. The second kappa shape index (κ2) is 7.07. The van der Waals surface area contributed by atoms with E-state index >= 15 is 0 Å². The Morgan fingerprint density at radius 3 is 2.21 bits per heavy atom. The monoisotopic (exact) mass is 284 g/mol. The number of nitrogens with two attached hydrogens (primary N) is 1. The minimum Gasteiger partial charge on any atom is -0.350 e. The van der Waals surface area contributed by atoms with E-state index in [1.54, 1.807) is 0 Å². The van der Waals surface area contributed by atoms with E-state index in [1.165, 1.54) is 0 Å². The Kier molecular flexibility index (Phi) is 6.03. The van der Waals surface area contributed by atoms with E-state index < -0.39 is 24.8 Å². The van der Waals surface area contributed by atoms with E-state index in [0.717, 1.165) is 25.7 Å². The quantitative estimate of drug-likeness (QED) is 0.734. The number of halogens is 4. The van der Waals surface area contributed by atoms with Crippen LogP contribution in [-0.4, -0.2) is 31.3 Å². The molecule has 1 saturated carbocycles. The normalized spacial score (nSPS) is 24.5. The first-order valence-corrected chi connectivity index (χ1v) is 6.48. The molecule has 1 aliphatic rings. The van der Waals surface area contributed by atoms with Crippen LogP contribution in [0.15, 0.2) is 0 Å². The molecule has 19 heavy (non-hydrogen) atoms. The molecule has 1 rings (SSSR count). The number of alkyl halides is 4. The number of rotatable bonds is 6. The maximum absolute atomic E-state index is 12.6. The van der Waals surface area contributed by atoms with Crippen LogP contribution in [0.3, 0.4) is 0 Å². The zero-order valence-corrected chi connectivity index (χ0v) is 10.7. The summed E-state index contributed by atoms with van der Waals surface area (Å²) in [7, 11) is 0. The summed E-state index contributed by atoms with van der Waals surface area (Å²) >= 11 is 0. The Morgan fingerprint density at radius 1 is 1.21 bits per heavy atom. The van der Waals surface area contributed by atoms with E-state index in [4.69, 9.17) is 5.73 Å². The van der Waals surface area contributed by atoms with E-state index in [-0.39, 0.29) is 12.3 Å². The second-order valence-corrected chi connectivity index (χ2v) is 5.17. The van der Waals surface area contributed by atoms with Gasteiger partial charge in [0.25, 0.3) is 0 Å². The van der Waals surface area contributed by atoms with Crippen molar-refractivity contribution in [1.29, 1.82) is 0 Å². The summed E-state index contributed by atoms with van der Waals surface area (Å²) in [5.41, 5.74) is 5.54. The zero-order chi connectivity index (χ0) is 14.5. The number of hydrogen-bond donors (Lipinski definition) is 2. The van der Waals surface area contributed by atoms with Crippen LogP contribution in [0.4, 0.5) is 17.6 Å². The first-order chi connectivity index (χ1) is 8.85. The third-order valence-corrected chi connectivity index (χ3v) is 3.61. The molecule has 0 atom stereocenters. The molecule has 0 saturated heterocycles. The molecule has 0 aromatic carbocycles. The van der Waals surface area contributed by atoms with E-state index in [9.17, 15) is 22.4 Å². The molecular formula is C12H20F4N2O. The summed E-state index contributed by atoms with van der Waals surface area (Å²) in [6, 6.07) is 0. The average molecular weight is 284 g/mol. The first kappa shape index (κ1) is 16.2.